The minimum Gasteiger partial charge on any atom is -0.497 e. The lowest BCUT2D eigenvalue weighted by Crippen LogP contribution is -2.43. The molecule has 1 aliphatic heterocycles. The van der Waals surface area contributed by atoms with Gasteiger partial charge in [0.25, 0.3) is 0 Å². The fourth-order valence-electron chi connectivity index (χ4n) is 3.95. The van der Waals surface area contributed by atoms with E-state index >= 15 is 0 Å². The second-order valence-electron chi connectivity index (χ2n) is 6.77. The quantitative estimate of drug-likeness (QED) is 0.777. The Morgan fingerprint density at radius 3 is 2.76 bits per heavy atom. The van der Waals surface area contributed by atoms with Gasteiger partial charge in [-0.05, 0) is 38.1 Å². The van der Waals surface area contributed by atoms with Crippen LogP contribution in [0, 0.1) is 6.92 Å². The van der Waals surface area contributed by atoms with Crippen molar-refractivity contribution in [3.63, 3.8) is 0 Å². The van der Waals surface area contributed by atoms with Crippen LogP contribution < -0.4 is 10.1 Å². The maximum Gasteiger partial charge on any atom is 0.120 e. The Morgan fingerprint density at radius 1 is 1.12 bits per heavy atom. The second-order valence-corrected chi connectivity index (χ2v) is 6.77. The molecule has 1 saturated heterocycles. The van der Waals surface area contributed by atoms with Crippen LogP contribution in [0.4, 0.5) is 0 Å². The zero-order valence-electron chi connectivity index (χ0n) is 15.1. The fraction of sp³-hybridized carbons (Fsp3) is 0.450. The van der Waals surface area contributed by atoms with E-state index in [0.717, 1.165) is 57.1 Å². The summed E-state index contributed by atoms with van der Waals surface area (Å²) < 4.78 is 7.89. The van der Waals surface area contributed by atoms with E-state index in [1.165, 1.54) is 21.8 Å². The maximum absolute atomic E-state index is 5.46. The highest BCUT2D eigenvalue weighted by atomic mass is 16.5. The van der Waals surface area contributed by atoms with Gasteiger partial charge in [-0.1, -0.05) is 0 Å². The highest BCUT2D eigenvalue weighted by molar-refractivity contribution is 6.09. The van der Waals surface area contributed by atoms with Crippen molar-refractivity contribution in [2.75, 3.05) is 39.8 Å². The van der Waals surface area contributed by atoms with Crippen molar-refractivity contribution in [3.05, 3.63) is 36.2 Å². The molecular weight excluding hydrogens is 312 g/mol. The third kappa shape index (κ3) is 3.10. The van der Waals surface area contributed by atoms with Crippen LogP contribution in [0.2, 0.25) is 0 Å². The molecule has 0 saturated carbocycles. The van der Waals surface area contributed by atoms with Gasteiger partial charge in [-0.3, -0.25) is 4.98 Å². The molecule has 0 bridgehead atoms. The number of pyridine rings is 1. The molecule has 0 spiro atoms. The summed E-state index contributed by atoms with van der Waals surface area (Å²) in [6, 6.07) is 8.49. The van der Waals surface area contributed by atoms with Crippen LogP contribution in [-0.4, -0.2) is 54.3 Å². The maximum atomic E-state index is 5.46. The first-order valence-electron chi connectivity index (χ1n) is 9.12. The predicted octanol–water partition coefficient (Wildman–Crippen LogP) is 2.80. The molecule has 132 valence electrons. The molecule has 1 aromatic carbocycles. The van der Waals surface area contributed by atoms with E-state index in [2.05, 4.69) is 44.9 Å². The average molecular weight is 338 g/mol. The van der Waals surface area contributed by atoms with Gasteiger partial charge < -0.3 is 19.5 Å². The lowest BCUT2D eigenvalue weighted by Gasteiger charge is -2.27. The van der Waals surface area contributed by atoms with Crippen LogP contribution in [0.5, 0.6) is 5.75 Å². The Morgan fingerprint density at radius 2 is 1.96 bits per heavy atom. The molecule has 1 N–H and O–H groups in total. The number of nitrogens with one attached hydrogen (secondary N) is 1. The second kappa shape index (κ2) is 7.02. The molecule has 25 heavy (non-hydrogen) atoms. The number of aryl methyl sites for hydroxylation is 2. The van der Waals surface area contributed by atoms with Crippen molar-refractivity contribution in [3.8, 4) is 5.75 Å². The minimum absolute atomic E-state index is 0.907. The van der Waals surface area contributed by atoms with Crippen LogP contribution in [0.15, 0.2) is 30.5 Å². The minimum atomic E-state index is 0.907. The summed E-state index contributed by atoms with van der Waals surface area (Å²) in [6.45, 7) is 8.77. The van der Waals surface area contributed by atoms with Crippen LogP contribution in [0.3, 0.4) is 0 Å². The normalized spacial score (nSPS) is 15.9. The predicted molar refractivity (Wildman–Crippen MR) is 102 cm³/mol. The van der Waals surface area contributed by atoms with Crippen molar-refractivity contribution in [2.45, 2.75) is 19.9 Å². The van der Waals surface area contributed by atoms with Crippen LogP contribution >= 0.6 is 0 Å². The van der Waals surface area contributed by atoms with Crippen molar-refractivity contribution in [1.82, 2.24) is 19.8 Å². The molecule has 1 fully saturated rings. The number of aromatic nitrogens is 2. The number of hydrogen-bond acceptors (Lipinski definition) is 4. The lowest BCUT2D eigenvalue weighted by molar-refractivity contribution is 0.235. The Kier molecular flexibility index (Phi) is 4.59. The van der Waals surface area contributed by atoms with Crippen molar-refractivity contribution >= 4 is 21.8 Å². The number of ether oxygens (including phenoxy) is 1. The number of benzene rings is 1. The summed E-state index contributed by atoms with van der Waals surface area (Å²) in [7, 11) is 1.73. The molecule has 3 aromatic rings. The number of piperazine rings is 1. The molecule has 0 aliphatic carbocycles. The standard InChI is InChI=1S/C20H26N4O/c1-15-20-18(6-7-22-15)17-5-4-16(25-2)14-19(17)24(20)11-3-10-23-12-8-21-9-13-23/h4-7,14,21H,3,8-13H2,1-2H3. The third-order valence-corrected chi connectivity index (χ3v) is 5.23. The molecule has 5 heteroatoms. The van der Waals surface area contributed by atoms with E-state index in [4.69, 9.17) is 4.74 Å². The molecule has 5 nitrogen and oxygen atoms in total. The molecular formula is C20H26N4O. The SMILES string of the molecule is COc1ccc2c3ccnc(C)c3n(CCCN3CCNCC3)c2c1. The Balaban J connectivity index is 1.69. The van der Waals surface area contributed by atoms with Gasteiger partial charge in [-0.15, -0.1) is 0 Å². The van der Waals surface area contributed by atoms with Crippen molar-refractivity contribution < 1.29 is 4.74 Å². The third-order valence-electron chi connectivity index (χ3n) is 5.23. The van der Waals surface area contributed by atoms with Gasteiger partial charge in [0, 0.05) is 55.8 Å². The summed E-state index contributed by atoms with van der Waals surface area (Å²) in [5, 5.41) is 5.98. The van der Waals surface area contributed by atoms with E-state index in [0.29, 0.717) is 0 Å². The molecule has 0 amide bonds. The van der Waals surface area contributed by atoms with Gasteiger partial charge in [0.05, 0.1) is 23.8 Å². The molecule has 2 aromatic heterocycles. The molecule has 0 atom stereocenters. The summed E-state index contributed by atoms with van der Waals surface area (Å²) in [6.07, 6.45) is 3.05. The number of hydrogen-bond donors (Lipinski definition) is 1. The van der Waals surface area contributed by atoms with Crippen LogP contribution in [-0.2, 0) is 6.54 Å². The van der Waals surface area contributed by atoms with Gasteiger partial charge >= 0.3 is 0 Å². The van der Waals surface area contributed by atoms with Gasteiger partial charge in [-0.25, -0.2) is 0 Å². The van der Waals surface area contributed by atoms with E-state index in [9.17, 15) is 0 Å². The zero-order valence-corrected chi connectivity index (χ0v) is 15.1. The van der Waals surface area contributed by atoms with Gasteiger partial charge in [0.2, 0.25) is 0 Å². The monoisotopic (exact) mass is 338 g/mol. The smallest absolute Gasteiger partial charge is 0.120 e. The molecule has 1 aliphatic rings. The highest BCUT2D eigenvalue weighted by Crippen LogP contribution is 2.32. The summed E-state index contributed by atoms with van der Waals surface area (Å²) >= 11 is 0. The molecule has 3 heterocycles. The highest BCUT2D eigenvalue weighted by Gasteiger charge is 2.15. The lowest BCUT2D eigenvalue weighted by atomic mass is 10.1. The Labute approximate surface area is 148 Å². The van der Waals surface area contributed by atoms with E-state index in [1.54, 1.807) is 7.11 Å². The van der Waals surface area contributed by atoms with Gasteiger partial charge in [0.1, 0.15) is 5.75 Å². The van der Waals surface area contributed by atoms with Crippen LogP contribution in [0.1, 0.15) is 12.1 Å². The first kappa shape index (κ1) is 16.4. The topological polar surface area (TPSA) is 42.3 Å². The Hall–Kier alpha value is -2.11. The van der Waals surface area contributed by atoms with E-state index < -0.39 is 0 Å². The summed E-state index contributed by atoms with van der Waals surface area (Å²) in [5.74, 6) is 0.907. The summed E-state index contributed by atoms with van der Waals surface area (Å²) in [5.41, 5.74) is 3.59. The van der Waals surface area contributed by atoms with Gasteiger partial charge in [-0.2, -0.15) is 0 Å². The largest absolute Gasteiger partial charge is 0.497 e. The number of fused-ring (bicyclic) bond motifs is 3. The Bertz CT molecular complexity index is 880. The fourth-order valence-corrected chi connectivity index (χ4v) is 3.95. The van der Waals surface area contributed by atoms with Gasteiger partial charge in [0.15, 0.2) is 0 Å². The first-order valence-corrected chi connectivity index (χ1v) is 9.12. The zero-order chi connectivity index (χ0) is 17.2. The number of rotatable bonds is 5. The molecule has 0 radical (unpaired) electrons. The molecule has 0 unspecified atom stereocenters. The van der Waals surface area contributed by atoms with Crippen molar-refractivity contribution in [2.24, 2.45) is 0 Å². The van der Waals surface area contributed by atoms with E-state index in [1.807, 2.05) is 12.3 Å². The molecule has 4 rings (SSSR count). The average Bonchev–Trinajstić information content (AvgIpc) is 2.97. The van der Waals surface area contributed by atoms with Crippen molar-refractivity contribution in [1.29, 1.82) is 0 Å². The van der Waals surface area contributed by atoms with E-state index in [-0.39, 0.29) is 0 Å². The van der Waals surface area contributed by atoms with Crippen LogP contribution in [0.25, 0.3) is 21.8 Å². The number of nitrogens with zero attached hydrogens (tertiary/aromatic N) is 3. The number of methoxy groups -OCH3 is 1. The summed E-state index contributed by atoms with van der Waals surface area (Å²) in [4.78, 5) is 7.08. The first-order chi connectivity index (χ1) is 12.3.